The Hall–Kier alpha value is -1.82. The number of carbonyl (C=O) groups excluding carboxylic acids is 1. The fraction of sp³-hybridized carbons (Fsp3) is 0.308. The maximum atomic E-state index is 12.0. The van der Waals surface area contributed by atoms with Crippen LogP contribution in [0.15, 0.2) is 30.3 Å². The van der Waals surface area contributed by atoms with E-state index >= 15 is 0 Å². The first-order valence-corrected chi connectivity index (χ1v) is 5.56. The van der Waals surface area contributed by atoms with Gasteiger partial charge in [0.2, 0.25) is 5.91 Å². The summed E-state index contributed by atoms with van der Waals surface area (Å²) in [5.74, 6) is -0.691. The van der Waals surface area contributed by atoms with Crippen molar-refractivity contribution in [2.45, 2.75) is 19.2 Å². The highest BCUT2D eigenvalue weighted by Gasteiger charge is 2.37. The largest absolute Gasteiger partial charge is 0.416 e. The van der Waals surface area contributed by atoms with Gasteiger partial charge in [0, 0.05) is 6.08 Å². The Bertz CT molecular complexity index is 452. The van der Waals surface area contributed by atoms with Crippen LogP contribution in [-0.2, 0) is 4.79 Å². The van der Waals surface area contributed by atoms with Crippen molar-refractivity contribution in [3.05, 3.63) is 41.5 Å². The minimum Gasteiger partial charge on any atom is -0.382 e. The molecule has 0 radical (unpaired) electrons. The Balaban J connectivity index is 2.45. The number of nitrogens with one attached hydrogen (secondary N) is 1. The molecular weight excluding hydrogens is 259 g/mol. The zero-order valence-electron chi connectivity index (χ0n) is 10.2. The van der Waals surface area contributed by atoms with E-state index in [1.54, 1.807) is 12.1 Å². The molecule has 0 spiro atoms. The van der Waals surface area contributed by atoms with Crippen LogP contribution >= 0.6 is 0 Å². The summed E-state index contributed by atoms with van der Waals surface area (Å²) in [4.78, 5) is 11.2. The number of aryl methyl sites for hydroxylation is 1. The lowest BCUT2D eigenvalue weighted by Gasteiger charge is -2.14. The molecule has 104 valence electrons. The van der Waals surface area contributed by atoms with Crippen molar-refractivity contribution in [1.82, 2.24) is 5.32 Å². The predicted octanol–water partition coefficient (Wildman–Crippen LogP) is 2.05. The van der Waals surface area contributed by atoms with Crippen LogP contribution < -0.4 is 5.32 Å². The highest BCUT2D eigenvalue weighted by atomic mass is 19.4. The van der Waals surface area contributed by atoms with E-state index in [2.05, 4.69) is 0 Å². The molecule has 0 aromatic heterocycles. The maximum Gasteiger partial charge on any atom is 0.416 e. The molecule has 0 heterocycles. The Kier molecular flexibility index (Phi) is 5.11. The lowest BCUT2D eigenvalue weighted by Crippen LogP contribution is -2.40. The average Bonchev–Trinajstić information content (AvgIpc) is 2.34. The van der Waals surface area contributed by atoms with Gasteiger partial charge in [-0.25, -0.2) is 0 Å². The molecule has 1 rings (SSSR count). The molecule has 1 aromatic carbocycles. The maximum absolute atomic E-state index is 12.0. The van der Waals surface area contributed by atoms with E-state index in [-0.39, 0.29) is 0 Å². The molecule has 0 aliphatic heterocycles. The van der Waals surface area contributed by atoms with Crippen LogP contribution in [0.1, 0.15) is 11.1 Å². The van der Waals surface area contributed by atoms with Crippen LogP contribution in [0, 0.1) is 6.92 Å². The molecule has 3 nitrogen and oxygen atoms in total. The van der Waals surface area contributed by atoms with E-state index in [0.717, 1.165) is 17.2 Å². The molecule has 1 aromatic rings. The van der Waals surface area contributed by atoms with Crippen LogP contribution in [0.3, 0.4) is 0 Å². The second-order valence-corrected chi connectivity index (χ2v) is 4.05. The second-order valence-electron chi connectivity index (χ2n) is 4.05. The lowest BCUT2D eigenvalue weighted by molar-refractivity contribution is -0.201. The van der Waals surface area contributed by atoms with Crippen molar-refractivity contribution in [1.29, 1.82) is 0 Å². The third kappa shape index (κ3) is 5.56. The van der Waals surface area contributed by atoms with Gasteiger partial charge in [-0.05, 0) is 18.6 Å². The summed E-state index contributed by atoms with van der Waals surface area (Å²) in [7, 11) is 0. The Morgan fingerprint density at radius 1 is 1.37 bits per heavy atom. The van der Waals surface area contributed by atoms with Gasteiger partial charge in [0.15, 0.2) is 6.10 Å². The fourth-order valence-corrected chi connectivity index (χ4v) is 1.22. The van der Waals surface area contributed by atoms with E-state index in [0.29, 0.717) is 0 Å². The first kappa shape index (κ1) is 15.2. The van der Waals surface area contributed by atoms with Gasteiger partial charge in [-0.15, -0.1) is 0 Å². The molecule has 0 aliphatic rings. The van der Waals surface area contributed by atoms with Crippen molar-refractivity contribution in [3.63, 3.8) is 0 Å². The number of carbonyl (C=O) groups is 1. The highest BCUT2D eigenvalue weighted by Crippen LogP contribution is 2.19. The molecule has 0 fully saturated rings. The van der Waals surface area contributed by atoms with Gasteiger partial charge in [-0.3, -0.25) is 4.79 Å². The molecule has 0 bridgehead atoms. The number of aliphatic hydroxyl groups is 1. The molecule has 0 aliphatic carbocycles. The highest BCUT2D eigenvalue weighted by molar-refractivity contribution is 5.91. The van der Waals surface area contributed by atoms with Crippen LogP contribution in [0.5, 0.6) is 0 Å². The molecule has 0 saturated heterocycles. The van der Waals surface area contributed by atoms with Crippen LogP contribution in [0.2, 0.25) is 0 Å². The van der Waals surface area contributed by atoms with E-state index < -0.39 is 24.7 Å². The quantitative estimate of drug-likeness (QED) is 0.825. The van der Waals surface area contributed by atoms with Gasteiger partial charge in [0.1, 0.15) is 0 Å². The van der Waals surface area contributed by atoms with Crippen molar-refractivity contribution < 1.29 is 23.1 Å². The number of rotatable bonds is 4. The molecule has 1 amide bonds. The van der Waals surface area contributed by atoms with Gasteiger partial charge in [-0.2, -0.15) is 13.2 Å². The second kappa shape index (κ2) is 6.38. The molecule has 1 unspecified atom stereocenters. The molecule has 19 heavy (non-hydrogen) atoms. The zero-order valence-corrected chi connectivity index (χ0v) is 10.2. The number of hydrogen-bond acceptors (Lipinski definition) is 2. The number of benzene rings is 1. The van der Waals surface area contributed by atoms with Crippen LogP contribution in [0.25, 0.3) is 6.08 Å². The molecule has 6 heteroatoms. The van der Waals surface area contributed by atoms with E-state index in [1.165, 1.54) is 6.08 Å². The minimum atomic E-state index is -4.73. The summed E-state index contributed by atoms with van der Waals surface area (Å²) < 4.78 is 35.9. The topological polar surface area (TPSA) is 49.3 Å². The first-order chi connectivity index (χ1) is 8.79. The van der Waals surface area contributed by atoms with Gasteiger partial charge >= 0.3 is 6.18 Å². The number of halogens is 3. The first-order valence-electron chi connectivity index (χ1n) is 5.56. The number of alkyl halides is 3. The summed E-state index contributed by atoms with van der Waals surface area (Å²) in [6.45, 7) is 1.05. The molecule has 2 N–H and O–H groups in total. The van der Waals surface area contributed by atoms with Gasteiger partial charge in [0.05, 0.1) is 6.54 Å². The summed E-state index contributed by atoms with van der Waals surface area (Å²) in [6.07, 6.45) is -4.68. The lowest BCUT2D eigenvalue weighted by atomic mass is 10.1. The molecular formula is C13H14F3NO2. The predicted molar refractivity (Wildman–Crippen MR) is 65.3 cm³/mol. The van der Waals surface area contributed by atoms with Crippen molar-refractivity contribution in [3.8, 4) is 0 Å². The van der Waals surface area contributed by atoms with E-state index in [4.69, 9.17) is 5.11 Å². The smallest absolute Gasteiger partial charge is 0.382 e. The summed E-state index contributed by atoms with van der Waals surface area (Å²) in [5, 5.41) is 10.7. The van der Waals surface area contributed by atoms with Gasteiger partial charge in [-0.1, -0.05) is 29.8 Å². The van der Waals surface area contributed by atoms with Crippen molar-refractivity contribution in [2.75, 3.05) is 6.54 Å². The minimum absolute atomic E-state index is 0.691. The Labute approximate surface area is 108 Å². The Morgan fingerprint density at radius 2 is 1.95 bits per heavy atom. The van der Waals surface area contributed by atoms with E-state index in [9.17, 15) is 18.0 Å². The number of hydrogen-bond donors (Lipinski definition) is 2. The zero-order chi connectivity index (χ0) is 14.5. The van der Waals surface area contributed by atoms with E-state index in [1.807, 2.05) is 24.4 Å². The van der Waals surface area contributed by atoms with Crippen LogP contribution in [-0.4, -0.2) is 29.8 Å². The number of amides is 1. The fourth-order valence-electron chi connectivity index (χ4n) is 1.22. The number of aliphatic hydroxyl groups excluding tert-OH is 1. The molecule has 1 atom stereocenters. The van der Waals surface area contributed by atoms with Crippen LogP contribution in [0.4, 0.5) is 13.2 Å². The third-order valence-electron chi connectivity index (χ3n) is 2.35. The SMILES string of the molecule is Cc1ccc(/C=C/C(=O)NCC(O)C(F)(F)F)cc1. The Morgan fingerprint density at radius 3 is 2.47 bits per heavy atom. The summed E-state index contributed by atoms with van der Waals surface area (Å²) in [5.41, 5.74) is 1.83. The van der Waals surface area contributed by atoms with Gasteiger partial charge < -0.3 is 10.4 Å². The summed E-state index contributed by atoms with van der Waals surface area (Å²) >= 11 is 0. The monoisotopic (exact) mass is 273 g/mol. The molecule has 0 saturated carbocycles. The summed E-state index contributed by atoms with van der Waals surface area (Å²) in [6, 6.07) is 7.27. The average molecular weight is 273 g/mol. The third-order valence-corrected chi connectivity index (χ3v) is 2.35. The normalized spacial score (nSPS) is 13.5. The van der Waals surface area contributed by atoms with Crippen molar-refractivity contribution in [2.24, 2.45) is 0 Å². The van der Waals surface area contributed by atoms with Gasteiger partial charge in [0.25, 0.3) is 0 Å². The standard InChI is InChI=1S/C13H14F3NO2/c1-9-2-4-10(5-3-9)6-7-12(19)17-8-11(18)13(14,15)16/h2-7,11,18H,8H2,1H3,(H,17,19)/b7-6+. The van der Waals surface area contributed by atoms with Crippen molar-refractivity contribution >= 4 is 12.0 Å².